The third-order valence-corrected chi connectivity index (χ3v) is 26.0. The third kappa shape index (κ3) is 21.0. The number of carbonyl (C=O) groups is 9. The Morgan fingerprint density at radius 3 is 2.30 bits per heavy atom. The first-order chi connectivity index (χ1) is 56.4. The van der Waals surface area contributed by atoms with Gasteiger partial charge in [0.15, 0.2) is 28.5 Å². The predicted octanol–water partition coefficient (Wildman–Crippen LogP) is 6.01. The second-order valence-corrected chi connectivity index (χ2v) is 36.9. The smallest absolute Gasteiger partial charge is 0.410 e. The molecule has 3 aliphatic heterocycles. The molecule has 2 unspecified atom stereocenters. The van der Waals surface area contributed by atoms with Gasteiger partial charge in [0.25, 0.3) is 16.0 Å². The minimum atomic E-state index is -4.36. The Hall–Kier alpha value is -9.27. The number of amides is 5. The molecular weight excluding hydrogens is 1580 g/mol. The monoisotopic (exact) mass is 1690 g/mol. The summed E-state index contributed by atoms with van der Waals surface area (Å²) in [5, 5.41) is 87.4. The molecule has 4 bridgehead atoms. The fourth-order valence-electron chi connectivity index (χ4n) is 19.5. The Kier molecular flexibility index (Phi) is 27.7. The van der Waals surface area contributed by atoms with Crippen LogP contribution in [0.15, 0.2) is 79.0 Å². The maximum absolute atomic E-state index is 14.6. The number of aromatic carboxylic acids is 1. The van der Waals surface area contributed by atoms with Gasteiger partial charge in [-0.3, -0.25) is 43.3 Å². The quantitative estimate of drug-likeness (QED) is 0.0156. The molecule has 7 aliphatic rings. The van der Waals surface area contributed by atoms with Crippen LogP contribution in [0, 0.1) is 35.0 Å². The van der Waals surface area contributed by atoms with Gasteiger partial charge in [0.1, 0.15) is 36.8 Å². The average molecular weight is 1690 g/mol. The summed E-state index contributed by atoms with van der Waals surface area (Å²) in [4.78, 5) is 136. The standard InChI is InChI=1S/C84H108N10O23S2/c1-8-68(99)87-63-32-54(39-114-28-29-119(111,112)113)93(76(63)105)35-56(97)33-59(47(2)3)75(104)86-48(4)64(98)31-50-16-17-53(52(30-50)18-20-65-70(100)71(101)72(102)73(117-65)78(108)109)38-115-80(110)91(25-23-55(96)37-95)26-27-116-84-43-81(6)40-82(7,44-84)42-83(41-81,45-84)46-94-49(5)60(34-85-94)57-19-21-67(89-69(57)77(106)107)92-24-22-51-12-11-13-58(61(51)36-92)74(103)90-79-88-62-14-9-10-15-66(62)118-79/h9-17,19,21,30,34,47-48,54-55,59,63,65,70-73,95-96,100-102H,8,18,20,22-29,31-33,35-46H2,1-7H3,(H,86,104)(H,87,99)(H,106,107)(H,108,109)(H,88,90,103)(H,111,112,113)/t48-,54-,55-,59-,63-,65-,70-,71+,72-,73-,81?,82?,83?,84?/m0/s1. The van der Waals surface area contributed by atoms with Crippen LogP contribution in [0.5, 0.6) is 0 Å². The summed E-state index contributed by atoms with van der Waals surface area (Å²) < 4.78 is 59.0. The van der Waals surface area contributed by atoms with Gasteiger partial charge < -0.3 is 80.0 Å². The molecule has 33 nitrogen and oxygen atoms in total. The fourth-order valence-corrected chi connectivity index (χ4v) is 20.7. The molecule has 12 atom stereocenters. The number of fused-ring (bicyclic) bond motifs is 2. The molecule has 3 aromatic heterocycles. The number of aliphatic hydroxyl groups is 5. The Morgan fingerprint density at radius 1 is 0.857 bits per heavy atom. The SMILES string of the molecule is CCC(=O)N[C@H]1C[C@@H](COCCS(=O)(=O)O)N(CC(=O)C[C@H](C(=O)N[C@@H](C)C(=O)Cc2ccc(COC(=O)N(CCOC34CC5(C)CC(C)(CC(Cn6ncc(-c7ccc(N8CCc9cccc(C(=O)Nc%10nc%11ccccc%11s%10)c9C8)nc7C(=O)O)c6C)(C5)C3)C4)CC[C@H](O)CO)c(CC[C@@H]3O[C@H](C(=O)O)[C@@H](O)[C@H](O)[C@H]3O)c2)C(C)C)C1=O. The summed E-state index contributed by atoms with van der Waals surface area (Å²) in [6.07, 6.45) is -4.37. The minimum absolute atomic E-state index is 0.00446. The van der Waals surface area contributed by atoms with Crippen LogP contribution >= 0.6 is 11.3 Å². The molecule has 6 heterocycles. The molecule has 6 fully saturated rings. The number of likely N-dealkylation sites (tertiary alicyclic amines) is 1. The number of Topliss-reactive ketones (excluding diaryl/α,β-unsaturated/α-hetero) is 2. The van der Waals surface area contributed by atoms with E-state index in [-0.39, 0.29) is 106 Å². The van der Waals surface area contributed by atoms with Crippen molar-refractivity contribution in [2.75, 3.05) is 68.6 Å². The molecule has 13 rings (SSSR count). The van der Waals surface area contributed by atoms with Crippen molar-refractivity contribution >= 4 is 95.8 Å². The first kappa shape index (κ1) is 89.0. The number of aryl methyl sites for hydroxylation is 1. The van der Waals surface area contributed by atoms with Crippen molar-refractivity contribution in [2.45, 2.75) is 218 Å². The van der Waals surface area contributed by atoms with Gasteiger partial charge in [0.05, 0.1) is 85.0 Å². The van der Waals surface area contributed by atoms with Crippen LogP contribution in [0.25, 0.3) is 21.3 Å². The van der Waals surface area contributed by atoms with Gasteiger partial charge >= 0.3 is 18.0 Å². The van der Waals surface area contributed by atoms with E-state index in [9.17, 15) is 91.9 Å². The Morgan fingerprint density at radius 2 is 1.61 bits per heavy atom. The lowest BCUT2D eigenvalue weighted by Crippen LogP contribution is -2.64. The molecule has 5 amide bonds. The number of carbonyl (C=O) groups excluding carboxylic acids is 7. The number of aliphatic hydroxyl groups excluding tert-OH is 5. The van der Waals surface area contributed by atoms with E-state index in [4.69, 9.17) is 29.0 Å². The number of anilines is 2. The molecule has 35 heteroatoms. The van der Waals surface area contributed by atoms with Crippen LogP contribution < -0.4 is 20.9 Å². The van der Waals surface area contributed by atoms with Gasteiger partial charge in [-0.15, -0.1) is 0 Å². The van der Waals surface area contributed by atoms with Gasteiger partial charge in [-0.2, -0.15) is 13.5 Å². The zero-order valence-electron chi connectivity index (χ0n) is 67.9. The van der Waals surface area contributed by atoms with E-state index in [0.29, 0.717) is 76.8 Å². The lowest BCUT2D eigenvalue weighted by atomic mass is 9.39. The third-order valence-electron chi connectivity index (χ3n) is 24.4. The number of para-hydroxylation sites is 1. The van der Waals surface area contributed by atoms with Crippen molar-refractivity contribution in [3.05, 3.63) is 124 Å². The molecule has 2 saturated heterocycles. The van der Waals surface area contributed by atoms with E-state index in [2.05, 4.69) is 34.8 Å². The second-order valence-electron chi connectivity index (χ2n) is 34.3. The number of thiazole rings is 1. The molecule has 644 valence electrons. The van der Waals surface area contributed by atoms with Crippen LogP contribution in [-0.4, -0.2) is 250 Å². The van der Waals surface area contributed by atoms with Crippen LogP contribution in [0.3, 0.4) is 0 Å². The molecule has 0 radical (unpaired) electrons. The molecular formula is C84H108N10O23S2. The number of rotatable bonds is 38. The number of benzene rings is 3. The maximum atomic E-state index is 14.6. The average Bonchev–Trinajstić information content (AvgIpc) is 0.800. The summed E-state index contributed by atoms with van der Waals surface area (Å²) in [7, 11) is -4.36. The molecule has 4 saturated carbocycles. The number of carboxylic acid groups (broad SMARTS) is 2. The predicted molar refractivity (Wildman–Crippen MR) is 433 cm³/mol. The van der Waals surface area contributed by atoms with Crippen LogP contribution in [0.1, 0.15) is 167 Å². The summed E-state index contributed by atoms with van der Waals surface area (Å²) in [6, 6.07) is 18.8. The maximum Gasteiger partial charge on any atom is 0.410 e. The zero-order chi connectivity index (χ0) is 85.8. The highest BCUT2D eigenvalue weighted by atomic mass is 32.2. The van der Waals surface area contributed by atoms with Crippen molar-refractivity contribution in [3.8, 4) is 11.1 Å². The zero-order valence-corrected chi connectivity index (χ0v) is 69.5. The highest BCUT2D eigenvalue weighted by Crippen LogP contribution is 2.72. The van der Waals surface area contributed by atoms with E-state index in [0.717, 1.165) is 59.1 Å². The van der Waals surface area contributed by atoms with Crippen molar-refractivity contribution in [2.24, 2.45) is 28.1 Å². The number of aliphatic carboxylic acids is 1. The number of nitrogens with one attached hydrogen (secondary N) is 3. The molecule has 3 aromatic carbocycles. The van der Waals surface area contributed by atoms with Gasteiger partial charge in [-0.25, -0.2) is 24.4 Å². The Bertz CT molecular complexity index is 4870. The van der Waals surface area contributed by atoms with Gasteiger partial charge in [-0.05, 0) is 165 Å². The Labute approximate surface area is 693 Å². The van der Waals surface area contributed by atoms with E-state index in [1.165, 1.54) is 28.1 Å². The summed E-state index contributed by atoms with van der Waals surface area (Å²) in [6.45, 7) is 12.3. The normalized spacial score (nSPS) is 25.3. The topological polar surface area (TPSA) is 476 Å². The first-order valence-electron chi connectivity index (χ1n) is 40.5. The van der Waals surface area contributed by atoms with E-state index in [1.54, 1.807) is 57.3 Å². The fraction of sp³-hybridized carbons (Fsp3) is 0.571. The number of hydrogen-bond acceptors (Lipinski definition) is 25. The highest BCUT2D eigenvalue weighted by molar-refractivity contribution is 7.85. The lowest BCUT2D eigenvalue weighted by Gasteiger charge is -2.69. The summed E-state index contributed by atoms with van der Waals surface area (Å²) in [5.74, 6) is -7.44. The van der Waals surface area contributed by atoms with Crippen LogP contribution in [0.2, 0.25) is 0 Å². The van der Waals surface area contributed by atoms with E-state index >= 15 is 0 Å². The van der Waals surface area contributed by atoms with Crippen molar-refractivity contribution in [1.82, 2.24) is 40.2 Å². The van der Waals surface area contributed by atoms with Crippen LogP contribution in [0.4, 0.5) is 15.7 Å². The van der Waals surface area contributed by atoms with Crippen molar-refractivity contribution in [3.63, 3.8) is 0 Å². The van der Waals surface area contributed by atoms with Crippen molar-refractivity contribution in [1.29, 1.82) is 0 Å². The first-order valence-corrected chi connectivity index (χ1v) is 42.9. The largest absolute Gasteiger partial charge is 0.479 e. The second kappa shape index (κ2) is 37.0. The molecule has 0 spiro atoms. The van der Waals surface area contributed by atoms with Gasteiger partial charge in [0, 0.05) is 80.3 Å². The van der Waals surface area contributed by atoms with E-state index in [1.807, 2.05) is 59.0 Å². The number of aromatic nitrogens is 4. The number of pyridine rings is 1. The van der Waals surface area contributed by atoms with Gasteiger partial charge in [-0.1, -0.05) is 88.4 Å². The van der Waals surface area contributed by atoms with E-state index < -0.39 is 155 Å². The number of carboxylic acids is 2. The van der Waals surface area contributed by atoms with Gasteiger partial charge in [0.2, 0.25) is 17.7 Å². The number of ketones is 2. The molecule has 4 aliphatic carbocycles. The number of ether oxygens (including phenoxy) is 4. The van der Waals surface area contributed by atoms with Crippen LogP contribution in [-0.2, 0) is 96.8 Å². The molecule has 6 aromatic rings. The lowest BCUT2D eigenvalue weighted by molar-refractivity contribution is -0.248. The summed E-state index contributed by atoms with van der Waals surface area (Å²) >= 11 is 1.39. The highest BCUT2D eigenvalue weighted by Gasteiger charge is 2.66. The molecule has 119 heavy (non-hydrogen) atoms. The van der Waals surface area contributed by atoms with Crippen molar-refractivity contribution < 1.29 is 111 Å². The summed E-state index contributed by atoms with van der Waals surface area (Å²) in [5.41, 5.74) is 4.77. The number of hydrogen-bond donors (Lipinski definition) is 11. The number of nitrogens with zero attached hydrogens (tertiary/aromatic N) is 7. The Balaban J connectivity index is 0.703. The molecule has 11 N–H and O–H groups in total. The minimum Gasteiger partial charge on any atom is -0.479 e.